The van der Waals surface area contributed by atoms with Crippen LogP contribution >= 0.6 is 0 Å². The monoisotopic (exact) mass is 310 g/mol. The van der Waals surface area contributed by atoms with Gasteiger partial charge < -0.3 is 9.47 Å². The maximum absolute atomic E-state index is 11.6. The topological polar surface area (TPSA) is 111 Å². The minimum Gasteiger partial charge on any atom is -0.459 e. The lowest BCUT2D eigenvalue weighted by Crippen LogP contribution is -2.48. The zero-order valence-corrected chi connectivity index (χ0v) is 13.3. The second kappa shape index (κ2) is 6.89. The highest BCUT2D eigenvalue weighted by molar-refractivity contribution is 7.88. The first-order chi connectivity index (χ1) is 8.82. The molecule has 118 valence electrons. The number of carbonyl (C=O) groups is 2. The Kier molecular flexibility index (Phi) is 6.42. The van der Waals surface area contributed by atoms with E-state index < -0.39 is 40.0 Å². The van der Waals surface area contributed by atoms with Gasteiger partial charge >= 0.3 is 22.3 Å². The van der Waals surface area contributed by atoms with Gasteiger partial charge in [-0.3, -0.25) is 4.79 Å². The Morgan fingerprint density at radius 2 is 1.60 bits per heavy atom. The molecule has 0 saturated heterocycles. The van der Waals surface area contributed by atoms with Crippen molar-refractivity contribution in [1.29, 1.82) is 0 Å². The highest BCUT2D eigenvalue weighted by atomic mass is 32.2. The van der Waals surface area contributed by atoms with Crippen LogP contribution in [-0.2, 0) is 24.5 Å². The van der Waals surface area contributed by atoms with E-state index in [9.17, 15) is 18.0 Å². The molecule has 0 fully saturated rings. The van der Waals surface area contributed by atoms with Crippen LogP contribution in [0.4, 0.5) is 4.79 Å². The fourth-order valence-corrected chi connectivity index (χ4v) is 1.94. The van der Waals surface area contributed by atoms with Gasteiger partial charge in [0, 0.05) is 0 Å². The molecule has 9 heteroatoms. The predicted octanol–water partition coefficient (Wildman–Crippen LogP) is 0.686. The van der Waals surface area contributed by atoms with Crippen molar-refractivity contribution in [2.45, 2.75) is 59.3 Å². The fraction of sp³-hybridized carbons (Fsp3) is 0.818. The SMILES string of the molecule is CC(C)OC(=O)NS(=O)(=O)N[C@@H](C)C(=O)OC(C)(C)C. The van der Waals surface area contributed by atoms with Crippen LogP contribution in [-0.4, -0.2) is 38.2 Å². The zero-order valence-electron chi connectivity index (χ0n) is 12.5. The second-order valence-corrected chi connectivity index (χ2v) is 6.88. The van der Waals surface area contributed by atoms with Gasteiger partial charge in [0.25, 0.3) is 0 Å². The molecular formula is C11H22N2O6S. The molecule has 0 aliphatic carbocycles. The predicted molar refractivity (Wildman–Crippen MR) is 72.1 cm³/mol. The number of hydrogen-bond acceptors (Lipinski definition) is 6. The number of nitrogens with one attached hydrogen (secondary N) is 2. The van der Waals surface area contributed by atoms with Gasteiger partial charge in [0.05, 0.1) is 6.10 Å². The van der Waals surface area contributed by atoms with Crippen molar-refractivity contribution in [2.24, 2.45) is 0 Å². The maximum Gasteiger partial charge on any atom is 0.422 e. The van der Waals surface area contributed by atoms with E-state index in [2.05, 4.69) is 4.74 Å². The summed E-state index contributed by atoms with van der Waals surface area (Å²) in [5.74, 6) is -0.750. The van der Waals surface area contributed by atoms with Gasteiger partial charge in [-0.05, 0) is 41.5 Å². The van der Waals surface area contributed by atoms with Crippen LogP contribution in [0.3, 0.4) is 0 Å². The summed E-state index contributed by atoms with van der Waals surface area (Å²) in [6.45, 7) is 9.42. The van der Waals surface area contributed by atoms with Crippen molar-refractivity contribution < 1.29 is 27.5 Å². The lowest BCUT2D eigenvalue weighted by atomic mass is 10.2. The maximum atomic E-state index is 11.6. The molecule has 0 aromatic heterocycles. The smallest absolute Gasteiger partial charge is 0.422 e. The number of rotatable bonds is 5. The summed E-state index contributed by atoms with van der Waals surface area (Å²) in [4.78, 5) is 22.8. The number of esters is 1. The fourth-order valence-electron chi connectivity index (χ4n) is 1.05. The molecule has 1 atom stereocenters. The second-order valence-electron chi connectivity index (χ2n) is 5.43. The minimum atomic E-state index is -4.20. The summed E-state index contributed by atoms with van der Waals surface area (Å²) >= 11 is 0. The number of amides is 1. The summed E-state index contributed by atoms with van der Waals surface area (Å²) in [6, 6.07) is -1.14. The minimum absolute atomic E-state index is 0.464. The molecule has 20 heavy (non-hydrogen) atoms. The van der Waals surface area contributed by atoms with Crippen LogP contribution in [0.1, 0.15) is 41.5 Å². The third-order valence-corrected chi connectivity index (χ3v) is 2.75. The molecule has 0 heterocycles. The summed E-state index contributed by atoms with van der Waals surface area (Å²) in [6.07, 6.45) is -1.59. The van der Waals surface area contributed by atoms with Crippen molar-refractivity contribution in [3.8, 4) is 0 Å². The van der Waals surface area contributed by atoms with Gasteiger partial charge in [-0.25, -0.2) is 9.52 Å². The Labute approximate surface area is 119 Å². The third-order valence-electron chi connectivity index (χ3n) is 1.65. The lowest BCUT2D eigenvalue weighted by Gasteiger charge is -2.22. The molecule has 0 aliphatic rings. The van der Waals surface area contributed by atoms with Gasteiger partial charge in [0.2, 0.25) is 0 Å². The van der Waals surface area contributed by atoms with E-state index in [4.69, 9.17) is 4.74 Å². The van der Waals surface area contributed by atoms with E-state index >= 15 is 0 Å². The van der Waals surface area contributed by atoms with Gasteiger partial charge in [-0.15, -0.1) is 0 Å². The Balaban J connectivity index is 4.53. The van der Waals surface area contributed by atoms with Gasteiger partial charge in [0.1, 0.15) is 11.6 Å². The van der Waals surface area contributed by atoms with E-state index in [0.29, 0.717) is 0 Å². The summed E-state index contributed by atoms with van der Waals surface area (Å²) in [5.41, 5.74) is -0.735. The first-order valence-corrected chi connectivity index (χ1v) is 7.54. The van der Waals surface area contributed by atoms with Crippen LogP contribution in [0.15, 0.2) is 0 Å². The Morgan fingerprint density at radius 1 is 1.10 bits per heavy atom. The average molecular weight is 310 g/mol. The van der Waals surface area contributed by atoms with E-state index in [1.54, 1.807) is 39.3 Å². The molecule has 0 aliphatic heterocycles. The number of ether oxygens (including phenoxy) is 2. The highest BCUT2D eigenvalue weighted by Gasteiger charge is 2.26. The molecule has 0 aromatic carbocycles. The average Bonchev–Trinajstić information content (AvgIpc) is 2.10. The zero-order chi connectivity index (χ0) is 16.1. The summed E-state index contributed by atoms with van der Waals surface area (Å²) in [7, 11) is -4.20. The first kappa shape index (κ1) is 18.7. The van der Waals surface area contributed by atoms with Crippen molar-refractivity contribution >= 4 is 22.3 Å². The first-order valence-electron chi connectivity index (χ1n) is 6.06. The molecule has 0 spiro atoms. The van der Waals surface area contributed by atoms with Crippen LogP contribution in [0.2, 0.25) is 0 Å². The molecule has 0 unspecified atom stereocenters. The lowest BCUT2D eigenvalue weighted by molar-refractivity contribution is -0.156. The van der Waals surface area contributed by atoms with Crippen molar-refractivity contribution in [3.63, 3.8) is 0 Å². The molecule has 0 radical (unpaired) electrons. The Hall–Kier alpha value is -1.35. The van der Waals surface area contributed by atoms with Gasteiger partial charge in [-0.1, -0.05) is 0 Å². The third kappa shape index (κ3) is 8.70. The van der Waals surface area contributed by atoms with Crippen LogP contribution in [0.25, 0.3) is 0 Å². The molecule has 0 bridgehead atoms. The number of hydrogen-bond donors (Lipinski definition) is 2. The van der Waals surface area contributed by atoms with Crippen LogP contribution in [0.5, 0.6) is 0 Å². The van der Waals surface area contributed by atoms with Gasteiger partial charge in [-0.2, -0.15) is 13.1 Å². The van der Waals surface area contributed by atoms with E-state index in [1.165, 1.54) is 6.92 Å². The van der Waals surface area contributed by atoms with Crippen molar-refractivity contribution in [1.82, 2.24) is 9.44 Å². The standard InChI is InChI=1S/C11H22N2O6S/c1-7(2)18-10(15)13-20(16,17)12-8(3)9(14)19-11(4,5)6/h7-8,12H,1-6H3,(H,13,15)/t8-/m0/s1. The highest BCUT2D eigenvalue weighted by Crippen LogP contribution is 2.08. The Bertz CT molecular complexity index is 452. The number of carbonyl (C=O) groups excluding carboxylic acids is 2. The Morgan fingerprint density at radius 3 is 2.00 bits per heavy atom. The van der Waals surface area contributed by atoms with Crippen LogP contribution < -0.4 is 9.44 Å². The van der Waals surface area contributed by atoms with Crippen molar-refractivity contribution in [2.75, 3.05) is 0 Å². The normalized spacial score (nSPS) is 13.8. The van der Waals surface area contributed by atoms with Crippen molar-refractivity contribution in [3.05, 3.63) is 0 Å². The molecule has 0 aromatic rings. The molecule has 2 N–H and O–H groups in total. The molecule has 0 saturated carbocycles. The van der Waals surface area contributed by atoms with Crippen LogP contribution in [0, 0.1) is 0 Å². The van der Waals surface area contributed by atoms with E-state index in [-0.39, 0.29) is 0 Å². The summed E-state index contributed by atoms with van der Waals surface area (Å²) in [5, 5.41) is 0. The van der Waals surface area contributed by atoms with E-state index in [0.717, 1.165) is 0 Å². The molecule has 1 amide bonds. The largest absolute Gasteiger partial charge is 0.459 e. The quantitative estimate of drug-likeness (QED) is 0.723. The summed E-state index contributed by atoms with van der Waals surface area (Å²) < 4.78 is 36.4. The molecular weight excluding hydrogens is 288 g/mol. The molecule has 8 nitrogen and oxygen atoms in total. The van der Waals surface area contributed by atoms with E-state index in [1.807, 2.05) is 4.72 Å². The molecule has 0 rings (SSSR count). The van der Waals surface area contributed by atoms with Gasteiger partial charge in [0.15, 0.2) is 0 Å².